The molecule has 0 aliphatic carbocycles. The summed E-state index contributed by atoms with van der Waals surface area (Å²) in [6, 6.07) is 0. The van der Waals surface area contributed by atoms with E-state index in [9.17, 15) is 4.79 Å². The zero-order chi connectivity index (χ0) is 10.6. The van der Waals surface area contributed by atoms with Gasteiger partial charge < -0.3 is 9.94 Å². The van der Waals surface area contributed by atoms with E-state index in [4.69, 9.17) is 9.94 Å². The summed E-state index contributed by atoms with van der Waals surface area (Å²) < 4.78 is 0. The molecule has 0 spiro atoms. The molecule has 0 saturated heterocycles. The van der Waals surface area contributed by atoms with Gasteiger partial charge in [-0.3, -0.25) is 0 Å². The fourth-order valence-electron chi connectivity index (χ4n) is 0.331. The van der Waals surface area contributed by atoms with Crippen LogP contribution in [0, 0.1) is 5.92 Å². The van der Waals surface area contributed by atoms with Crippen molar-refractivity contribution in [1.29, 1.82) is 0 Å². The van der Waals surface area contributed by atoms with E-state index in [-0.39, 0.29) is 5.92 Å². The molecule has 0 bridgehead atoms. The Morgan fingerprint density at radius 3 is 2.23 bits per heavy atom. The van der Waals surface area contributed by atoms with Crippen molar-refractivity contribution in [3.63, 3.8) is 0 Å². The lowest BCUT2D eigenvalue weighted by Gasteiger charge is -2.17. The summed E-state index contributed by atoms with van der Waals surface area (Å²) in [4.78, 5) is 15.5. The lowest BCUT2D eigenvalue weighted by Crippen LogP contribution is -2.33. The molecular weight excluding hydrogens is 170 g/mol. The van der Waals surface area contributed by atoms with Crippen LogP contribution in [-0.2, 0) is 9.63 Å². The molecule has 0 heterocycles. The second-order valence-corrected chi connectivity index (χ2v) is 3.79. The molecule has 0 aromatic carbocycles. The highest BCUT2D eigenvalue weighted by Crippen LogP contribution is 2.10. The number of aliphatic carboxylic acids is 1. The van der Waals surface area contributed by atoms with E-state index in [0.717, 1.165) is 5.71 Å². The Kier molecular flexibility index (Phi) is 3.91. The molecule has 0 atom stereocenters. The second kappa shape index (κ2) is 4.25. The van der Waals surface area contributed by atoms with E-state index in [0.29, 0.717) is 0 Å². The average molecular weight is 187 g/mol. The molecule has 0 aromatic heterocycles. The highest BCUT2D eigenvalue weighted by molar-refractivity contribution is 5.83. The topological polar surface area (TPSA) is 58.9 Å². The van der Waals surface area contributed by atoms with E-state index in [1.54, 1.807) is 0 Å². The number of carbonyl (C=O) groups is 1. The Labute approximate surface area is 78.6 Å². The summed E-state index contributed by atoms with van der Waals surface area (Å²) >= 11 is 0. The Balaban J connectivity index is 4.31. The number of nitrogens with zero attached hydrogens (tertiary/aromatic N) is 1. The maximum Gasteiger partial charge on any atom is 0.350 e. The van der Waals surface area contributed by atoms with Gasteiger partial charge in [0.1, 0.15) is 0 Å². The number of hydrogen-bond donors (Lipinski definition) is 1. The van der Waals surface area contributed by atoms with Crippen LogP contribution in [0.2, 0.25) is 0 Å². The number of hydrogen-bond acceptors (Lipinski definition) is 3. The van der Waals surface area contributed by atoms with Crippen LogP contribution < -0.4 is 0 Å². The van der Waals surface area contributed by atoms with Crippen LogP contribution in [0.15, 0.2) is 5.16 Å². The van der Waals surface area contributed by atoms with Gasteiger partial charge in [-0.2, -0.15) is 0 Å². The minimum Gasteiger partial charge on any atom is -0.478 e. The highest BCUT2D eigenvalue weighted by atomic mass is 16.7. The number of rotatable bonds is 4. The molecule has 4 nitrogen and oxygen atoms in total. The van der Waals surface area contributed by atoms with Gasteiger partial charge in [0.2, 0.25) is 5.60 Å². The second-order valence-electron chi connectivity index (χ2n) is 3.79. The number of oxime groups is 1. The van der Waals surface area contributed by atoms with Crippen LogP contribution >= 0.6 is 0 Å². The van der Waals surface area contributed by atoms with Crippen molar-refractivity contribution >= 4 is 11.7 Å². The molecule has 0 aliphatic heterocycles. The van der Waals surface area contributed by atoms with E-state index in [1.807, 2.05) is 20.8 Å². The molecular formula is C9H17NO3. The quantitative estimate of drug-likeness (QED) is 0.540. The van der Waals surface area contributed by atoms with E-state index >= 15 is 0 Å². The maximum absolute atomic E-state index is 10.6. The van der Waals surface area contributed by atoms with E-state index in [1.165, 1.54) is 13.8 Å². The third-order valence-corrected chi connectivity index (χ3v) is 1.77. The van der Waals surface area contributed by atoms with Crippen molar-refractivity contribution < 1.29 is 14.7 Å². The molecule has 1 N–H and O–H groups in total. The summed E-state index contributed by atoms with van der Waals surface area (Å²) in [5.41, 5.74) is -0.467. The van der Waals surface area contributed by atoms with Gasteiger partial charge >= 0.3 is 5.97 Å². The third kappa shape index (κ3) is 3.92. The molecule has 0 amide bonds. The molecule has 0 aromatic rings. The molecule has 0 rings (SSSR count). The van der Waals surface area contributed by atoms with Gasteiger partial charge in [0.15, 0.2) is 0 Å². The van der Waals surface area contributed by atoms with Gasteiger partial charge in [-0.1, -0.05) is 19.0 Å². The van der Waals surface area contributed by atoms with Crippen molar-refractivity contribution in [3.8, 4) is 0 Å². The SMILES string of the molecule is C/C(=N\OC(C)(C)C(=O)O)C(C)C. The summed E-state index contributed by atoms with van der Waals surface area (Å²) in [6.07, 6.45) is 0. The number of carboxylic acid groups (broad SMARTS) is 1. The molecule has 13 heavy (non-hydrogen) atoms. The van der Waals surface area contributed by atoms with Crippen molar-refractivity contribution in [1.82, 2.24) is 0 Å². The standard InChI is InChI=1S/C9H17NO3/c1-6(2)7(3)10-13-9(4,5)8(11)12/h6H,1-5H3,(H,11,12)/b10-7+. The van der Waals surface area contributed by atoms with Crippen LogP contribution in [0.1, 0.15) is 34.6 Å². The number of carboxylic acids is 1. The third-order valence-electron chi connectivity index (χ3n) is 1.77. The van der Waals surface area contributed by atoms with Crippen molar-refractivity contribution in [2.24, 2.45) is 11.1 Å². The lowest BCUT2D eigenvalue weighted by atomic mass is 10.1. The van der Waals surface area contributed by atoms with Gasteiger partial charge in [-0.25, -0.2) is 4.79 Å². The molecule has 76 valence electrons. The van der Waals surface area contributed by atoms with Crippen LogP contribution in [0.25, 0.3) is 0 Å². The van der Waals surface area contributed by atoms with Crippen LogP contribution in [0.3, 0.4) is 0 Å². The molecule has 0 aliphatic rings. The molecule has 0 unspecified atom stereocenters. The van der Waals surface area contributed by atoms with Gasteiger partial charge in [0.25, 0.3) is 0 Å². The molecule has 4 heteroatoms. The largest absolute Gasteiger partial charge is 0.478 e. The Morgan fingerprint density at radius 1 is 1.46 bits per heavy atom. The van der Waals surface area contributed by atoms with Crippen molar-refractivity contribution in [2.75, 3.05) is 0 Å². The van der Waals surface area contributed by atoms with Gasteiger partial charge in [0, 0.05) is 0 Å². The summed E-state index contributed by atoms with van der Waals surface area (Å²) in [5.74, 6) is -0.752. The molecule has 0 fully saturated rings. The predicted octanol–water partition coefficient (Wildman–Crippen LogP) is 1.90. The minimum atomic E-state index is -1.25. The highest BCUT2D eigenvalue weighted by Gasteiger charge is 2.29. The first-order valence-corrected chi connectivity index (χ1v) is 4.23. The Hall–Kier alpha value is -1.06. The zero-order valence-electron chi connectivity index (χ0n) is 8.79. The van der Waals surface area contributed by atoms with Crippen LogP contribution in [0.5, 0.6) is 0 Å². The first-order chi connectivity index (χ1) is 5.77. The van der Waals surface area contributed by atoms with Crippen LogP contribution in [0.4, 0.5) is 0 Å². The minimum absolute atomic E-state index is 0.268. The summed E-state index contributed by atoms with van der Waals surface area (Å²) in [6.45, 7) is 8.67. The Bertz CT molecular complexity index is 219. The first-order valence-electron chi connectivity index (χ1n) is 4.23. The van der Waals surface area contributed by atoms with Gasteiger partial charge in [-0.05, 0) is 26.7 Å². The van der Waals surface area contributed by atoms with Crippen molar-refractivity contribution in [3.05, 3.63) is 0 Å². The average Bonchev–Trinajstić information content (AvgIpc) is 1.99. The fourth-order valence-corrected chi connectivity index (χ4v) is 0.331. The van der Waals surface area contributed by atoms with E-state index in [2.05, 4.69) is 5.16 Å². The fraction of sp³-hybridized carbons (Fsp3) is 0.778. The Morgan fingerprint density at radius 2 is 1.92 bits per heavy atom. The summed E-state index contributed by atoms with van der Waals surface area (Å²) in [7, 11) is 0. The monoisotopic (exact) mass is 187 g/mol. The summed E-state index contributed by atoms with van der Waals surface area (Å²) in [5, 5.41) is 12.5. The van der Waals surface area contributed by atoms with Gasteiger partial charge in [0.05, 0.1) is 5.71 Å². The van der Waals surface area contributed by atoms with Gasteiger partial charge in [-0.15, -0.1) is 0 Å². The smallest absolute Gasteiger partial charge is 0.350 e. The predicted molar refractivity (Wildman–Crippen MR) is 50.7 cm³/mol. The molecule has 0 saturated carbocycles. The normalized spacial score (nSPS) is 13.2. The lowest BCUT2D eigenvalue weighted by molar-refractivity contribution is -0.161. The van der Waals surface area contributed by atoms with E-state index < -0.39 is 11.6 Å². The first kappa shape index (κ1) is 11.9. The maximum atomic E-state index is 10.6. The zero-order valence-corrected chi connectivity index (χ0v) is 8.79. The van der Waals surface area contributed by atoms with Crippen LogP contribution in [-0.4, -0.2) is 22.4 Å². The van der Waals surface area contributed by atoms with Crippen molar-refractivity contribution in [2.45, 2.75) is 40.2 Å². The molecule has 0 radical (unpaired) electrons.